The third-order valence-corrected chi connectivity index (χ3v) is 10.3. The minimum absolute atomic E-state index is 1.10. The van der Waals surface area contributed by atoms with Gasteiger partial charge in [-0.1, -0.05) is 146 Å². The molecule has 0 spiro atoms. The van der Waals surface area contributed by atoms with Crippen LogP contribution in [0.25, 0.3) is 71.3 Å². The van der Waals surface area contributed by atoms with Crippen molar-refractivity contribution in [3.63, 3.8) is 0 Å². The van der Waals surface area contributed by atoms with Gasteiger partial charge < -0.3 is 9.47 Å². The van der Waals surface area contributed by atoms with E-state index in [2.05, 4.69) is 216 Å². The van der Waals surface area contributed by atoms with Gasteiger partial charge in [-0.05, 0) is 104 Å². The van der Waals surface area contributed by atoms with Crippen molar-refractivity contribution < 1.29 is 0 Å². The van der Waals surface area contributed by atoms with Gasteiger partial charge in [0.1, 0.15) is 0 Å². The zero-order valence-electron chi connectivity index (χ0n) is 28.5. The van der Waals surface area contributed by atoms with E-state index in [1.54, 1.807) is 0 Å². The van der Waals surface area contributed by atoms with Crippen molar-refractivity contribution in [3.8, 4) is 27.9 Å². The first-order chi connectivity index (χ1) is 25.8. The van der Waals surface area contributed by atoms with E-state index >= 15 is 0 Å². The van der Waals surface area contributed by atoms with Crippen LogP contribution >= 0.6 is 0 Å². The number of benzene rings is 9. The molecule has 0 aliphatic rings. The van der Waals surface area contributed by atoms with Crippen molar-refractivity contribution in [2.75, 3.05) is 4.90 Å². The van der Waals surface area contributed by atoms with Gasteiger partial charge in [-0.3, -0.25) is 0 Å². The molecular formula is C50H34N2. The lowest BCUT2D eigenvalue weighted by atomic mass is 10.0. The molecule has 0 amide bonds. The van der Waals surface area contributed by atoms with Crippen LogP contribution in [-0.2, 0) is 0 Å². The van der Waals surface area contributed by atoms with Crippen LogP contribution in [0.5, 0.6) is 0 Å². The number of aromatic nitrogens is 1. The van der Waals surface area contributed by atoms with Crippen molar-refractivity contribution in [3.05, 3.63) is 206 Å². The zero-order valence-corrected chi connectivity index (χ0v) is 28.5. The summed E-state index contributed by atoms with van der Waals surface area (Å²) in [7, 11) is 0. The van der Waals surface area contributed by atoms with Gasteiger partial charge in [0.25, 0.3) is 0 Å². The first-order valence-electron chi connectivity index (χ1n) is 17.8. The fraction of sp³-hybridized carbons (Fsp3) is 0. The molecule has 0 fully saturated rings. The van der Waals surface area contributed by atoms with E-state index in [1.807, 2.05) is 0 Å². The maximum absolute atomic E-state index is 2.42. The molecule has 244 valence electrons. The lowest BCUT2D eigenvalue weighted by Crippen LogP contribution is -2.10. The van der Waals surface area contributed by atoms with E-state index in [-0.39, 0.29) is 0 Å². The highest BCUT2D eigenvalue weighted by molar-refractivity contribution is 6.11. The van der Waals surface area contributed by atoms with Crippen LogP contribution < -0.4 is 4.90 Å². The summed E-state index contributed by atoms with van der Waals surface area (Å²) in [5.41, 5.74) is 11.7. The molecule has 0 bridgehead atoms. The summed E-state index contributed by atoms with van der Waals surface area (Å²) in [6.45, 7) is 0. The van der Waals surface area contributed by atoms with Crippen LogP contribution in [0.15, 0.2) is 206 Å². The summed E-state index contributed by atoms with van der Waals surface area (Å²) in [6.07, 6.45) is 0. The Morgan fingerprint density at radius 2 is 0.750 bits per heavy atom. The number of nitrogens with zero attached hydrogens (tertiary/aromatic N) is 2. The average Bonchev–Trinajstić information content (AvgIpc) is 3.54. The van der Waals surface area contributed by atoms with Crippen molar-refractivity contribution in [1.29, 1.82) is 0 Å². The Morgan fingerprint density at radius 3 is 1.48 bits per heavy atom. The van der Waals surface area contributed by atoms with Gasteiger partial charge in [0.05, 0.1) is 11.0 Å². The number of hydrogen-bond acceptors (Lipinski definition) is 1. The third-order valence-electron chi connectivity index (χ3n) is 10.3. The molecule has 1 aromatic heterocycles. The van der Waals surface area contributed by atoms with Gasteiger partial charge in [-0.2, -0.15) is 0 Å². The van der Waals surface area contributed by atoms with E-state index in [1.165, 1.54) is 65.6 Å². The standard InChI is InChI=1S/C50H34N2/c1-3-11-35(12-4-1)42-24-29-47-48-30-28-46(34-50(48)52(49(47)33-42)43-17-5-2-6-18-43)51(45-27-23-37-14-8-10-16-40(37)32-45)44-25-21-38(22-26-44)41-20-19-36-13-7-9-15-39(36)31-41/h1-34H. The third kappa shape index (κ3) is 5.21. The van der Waals surface area contributed by atoms with Crippen molar-refractivity contribution in [2.45, 2.75) is 0 Å². The van der Waals surface area contributed by atoms with Crippen LogP contribution in [0.2, 0.25) is 0 Å². The largest absolute Gasteiger partial charge is 0.310 e. The smallest absolute Gasteiger partial charge is 0.0561 e. The van der Waals surface area contributed by atoms with Crippen LogP contribution in [0, 0.1) is 0 Å². The molecule has 2 nitrogen and oxygen atoms in total. The maximum atomic E-state index is 2.42. The Balaban J connectivity index is 1.16. The second-order valence-corrected chi connectivity index (χ2v) is 13.4. The summed E-state index contributed by atoms with van der Waals surface area (Å²) in [5.74, 6) is 0. The summed E-state index contributed by atoms with van der Waals surface area (Å²) in [6, 6.07) is 74.8. The van der Waals surface area contributed by atoms with Crippen molar-refractivity contribution >= 4 is 60.4 Å². The molecule has 0 N–H and O–H groups in total. The fourth-order valence-corrected chi connectivity index (χ4v) is 7.75. The molecular weight excluding hydrogens is 629 g/mol. The molecule has 0 aliphatic carbocycles. The molecule has 0 saturated carbocycles. The van der Waals surface area contributed by atoms with Gasteiger partial charge in [-0.15, -0.1) is 0 Å². The fourth-order valence-electron chi connectivity index (χ4n) is 7.75. The van der Waals surface area contributed by atoms with E-state index in [0.717, 1.165) is 22.7 Å². The molecule has 0 aliphatic heterocycles. The van der Waals surface area contributed by atoms with Gasteiger partial charge in [0.2, 0.25) is 0 Å². The molecule has 0 unspecified atom stereocenters. The van der Waals surface area contributed by atoms with Crippen molar-refractivity contribution in [1.82, 2.24) is 4.57 Å². The molecule has 9 aromatic carbocycles. The van der Waals surface area contributed by atoms with Gasteiger partial charge in [0, 0.05) is 33.5 Å². The SMILES string of the molecule is c1ccc(-c2ccc3c4ccc(N(c5ccc(-c6ccc7ccccc7c6)cc5)c5ccc6ccccc6c5)cc4n(-c4ccccc4)c3c2)cc1. The van der Waals surface area contributed by atoms with Crippen LogP contribution in [-0.4, -0.2) is 4.57 Å². The number of anilines is 3. The molecule has 2 heteroatoms. The van der Waals surface area contributed by atoms with Gasteiger partial charge in [-0.25, -0.2) is 0 Å². The first-order valence-corrected chi connectivity index (χ1v) is 17.8. The predicted molar refractivity (Wildman–Crippen MR) is 221 cm³/mol. The highest BCUT2D eigenvalue weighted by Gasteiger charge is 2.19. The molecule has 0 radical (unpaired) electrons. The monoisotopic (exact) mass is 662 g/mol. The predicted octanol–water partition coefficient (Wildman–Crippen LogP) is 13.9. The highest BCUT2D eigenvalue weighted by Crippen LogP contribution is 2.41. The molecule has 10 aromatic rings. The summed E-state index contributed by atoms with van der Waals surface area (Å²) in [5, 5.41) is 7.41. The second-order valence-electron chi connectivity index (χ2n) is 13.4. The number of hydrogen-bond donors (Lipinski definition) is 0. The average molecular weight is 663 g/mol. The normalized spacial score (nSPS) is 11.5. The van der Waals surface area contributed by atoms with E-state index in [9.17, 15) is 0 Å². The minimum Gasteiger partial charge on any atom is -0.310 e. The lowest BCUT2D eigenvalue weighted by Gasteiger charge is -2.26. The Hall–Kier alpha value is -6.90. The van der Waals surface area contributed by atoms with Crippen LogP contribution in [0.4, 0.5) is 17.1 Å². The van der Waals surface area contributed by atoms with Crippen LogP contribution in [0.3, 0.4) is 0 Å². The number of para-hydroxylation sites is 1. The maximum Gasteiger partial charge on any atom is 0.0561 e. The Morgan fingerprint density at radius 1 is 0.288 bits per heavy atom. The summed E-state index contributed by atoms with van der Waals surface area (Å²) >= 11 is 0. The molecule has 0 atom stereocenters. The minimum atomic E-state index is 1.10. The summed E-state index contributed by atoms with van der Waals surface area (Å²) < 4.78 is 2.42. The first kappa shape index (κ1) is 30.0. The van der Waals surface area contributed by atoms with Crippen LogP contribution in [0.1, 0.15) is 0 Å². The number of rotatable bonds is 6. The Kier molecular flexibility index (Phi) is 7.18. The Bertz CT molecular complexity index is 2890. The summed E-state index contributed by atoms with van der Waals surface area (Å²) in [4.78, 5) is 2.39. The highest BCUT2D eigenvalue weighted by atomic mass is 15.1. The molecule has 1 heterocycles. The van der Waals surface area contributed by atoms with E-state index in [0.29, 0.717) is 0 Å². The molecule has 0 saturated heterocycles. The number of fused-ring (bicyclic) bond motifs is 5. The van der Waals surface area contributed by atoms with Crippen molar-refractivity contribution in [2.24, 2.45) is 0 Å². The lowest BCUT2D eigenvalue weighted by molar-refractivity contribution is 1.18. The van der Waals surface area contributed by atoms with Gasteiger partial charge >= 0.3 is 0 Å². The van der Waals surface area contributed by atoms with E-state index < -0.39 is 0 Å². The Labute approximate surface area is 303 Å². The quantitative estimate of drug-likeness (QED) is 0.172. The topological polar surface area (TPSA) is 8.17 Å². The second kappa shape index (κ2) is 12.5. The molecule has 52 heavy (non-hydrogen) atoms. The zero-order chi connectivity index (χ0) is 34.4. The molecule has 10 rings (SSSR count). The van der Waals surface area contributed by atoms with Gasteiger partial charge in [0.15, 0.2) is 0 Å². The van der Waals surface area contributed by atoms with E-state index in [4.69, 9.17) is 0 Å².